The Morgan fingerprint density at radius 1 is 0.909 bits per heavy atom. The molecular formula is C42H48F2N8O3. The number of piperidine rings is 1. The zero-order chi connectivity index (χ0) is 38.1. The van der Waals surface area contributed by atoms with Crippen LogP contribution in [-0.2, 0) is 9.63 Å². The van der Waals surface area contributed by atoms with Crippen molar-refractivity contribution in [2.75, 3.05) is 67.0 Å². The molecule has 1 saturated carbocycles. The molecule has 1 aliphatic carbocycles. The molecule has 0 radical (unpaired) electrons. The molecule has 288 valence electrons. The molecule has 3 aromatic carbocycles. The van der Waals surface area contributed by atoms with Crippen LogP contribution in [0.3, 0.4) is 0 Å². The number of ether oxygens (including phenoxy) is 1. The Kier molecular flexibility index (Phi) is 10.7. The van der Waals surface area contributed by atoms with E-state index in [1.54, 1.807) is 18.2 Å². The summed E-state index contributed by atoms with van der Waals surface area (Å²) in [6.45, 7) is 11.6. The average molecular weight is 751 g/mol. The number of hydrogen-bond donors (Lipinski definition) is 2. The number of amides is 1. The Morgan fingerprint density at radius 2 is 1.71 bits per heavy atom. The number of halogens is 2. The van der Waals surface area contributed by atoms with Gasteiger partial charge in [-0.2, -0.15) is 0 Å². The van der Waals surface area contributed by atoms with Crippen molar-refractivity contribution in [3.8, 4) is 16.9 Å². The topological polar surface area (TPSA) is 98.3 Å². The molecule has 4 aromatic rings. The molecule has 0 bridgehead atoms. The van der Waals surface area contributed by atoms with E-state index in [1.165, 1.54) is 37.4 Å². The lowest BCUT2D eigenvalue weighted by Gasteiger charge is -2.46. The van der Waals surface area contributed by atoms with Gasteiger partial charge in [0.05, 0.1) is 36.8 Å². The van der Waals surface area contributed by atoms with Crippen molar-refractivity contribution >= 4 is 34.6 Å². The lowest BCUT2D eigenvalue weighted by Crippen LogP contribution is -2.57. The van der Waals surface area contributed by atoms with Gasteiger partial charge in [-0.15, -0.1) is 0 Å². The van der Waals surface area contributed by atoms with Gasteiger partial charge in [-0.3, -0.25) is 19.4 Å². The van der Waals surface area contributed by atoms with E-state index in [0.717, 1.165) is 68.9 Å². The smallest absolute Gasteiger partial charge is 0.247 e. The molecule has 2 N–H and O–H groups in total. The summed E-state index contributed by atoms with van der Waals surface area (Å²) >= 11 is 0. The van der Waals surface area contributed by atoms with Crippen LogP contribution in [0.5, 0.6) is 5.75 Å². The molecule has 1 amide bonds. The molecule has 1 aromatic heterocycles. The molecule has 4 heterocycles. The van der Waals surface area contributed by atoms with E-state index in [0.29, 0.717) is 65.0 Å². The minimum Gasteiger partial charge on any atom is -0.494 e. The third-order valence-corrected chi connectivity index (χ3v) is 11.3. The van der Waals surface area contributed by atoms with Crippen LogP contribution in [0.15, 0.2) is 79.6 Å². The predicted molar refractivity (Wildman–Crippen MR) is 211 cm³/mol. The second kappa shape index (κ2) is 15.9. The molecule has 55 heavy (non-hydrogen) atoms. The summed E-state index contributed by atoms with van der Waals surface area (Å²) in [5, 5.41) is 8.15. The fraction of sp³-hybridized carbons (Fsp3) is 0.405. The van der Waals surface area contributed by atoms with Crippen LogP contribution in [-0.4, -0.2) is 90.2 Å². The highest BCUT2D eigenvalue weighted by molar-refractivity contribution is 6.02. The number of benzene rings is 3. The second-order valence-electron chi connectivity index (χ2n) is 14.9. The number of carbonyl (C=O) groups is 1. The largest absolute Gasteiger partial charge is 0.494 e. The fourth-order valence-corrected chi connectivity index (χ4v) is 8.45. The van der Waals surface area contributed by atoms with Crippen LogP contribution in [0.25, 0.3) is 11.1 Å². The Balaban J connectivity index is 0.995. The standard InChI is InChI=1S/C42H48F2N8O3/c1-4-42(53)48-35-22-36(39(54-3)23-38(35)49-13-10-33(11-14-49)50-15-16-51(27(2)25-50)34-8-9-34)47-40-24-41(46-26-45-40)52-37(12-17-55-52)29-7-5-6-28(18-29)30-19-31(43)21-32(44)20-30/h4-7,18-24,26-27,33-34,37H,1,8-17,25H2,2-3H3,(H,48,53)(H,45,46,47)/t27-,37+/m0/s1. The van der Waals surface area contributed by atoms with Gasteiger partial charge in [0.15, 0.2) is 5.82 Å². The Hall–Kier alpha value is -5.11. The van der Waals surface area contributed by atoms with E-state index in [4.69, 9.17) is 9.57 Å². The molecule has 3 saturated heterocycles. The molecule has 0 unspecified atom stereocenters. The highest BCUT2D eigenvalue weighted by atomic mass is 19.1. The molecule has 11 nitrogen and oxygen atoms in total. The first-order valence-electron chi connectivity index (χ1n) is 19.2. The van der Waals surface area contributed by atoms with E-state index in [9.17, 15) is 13.6 Å². The SMILES string of the molecule is C=CC(=O)Nc1cc(Nc2cc(N3OCC[C@@H]3c3cccc(-c4cc(F)cc(F)c4)c3)ncn2)c(OC)cc1N1CCC(N2CCN(C3CC3)[C@@H](C)C2)CC1. The normalized spacial score (nSPS) is 21.1. The number of methoxy groups -OCH3 is 1. The van der Waals surface area contributed by atoms with Crippen molar-refractivity contribution in [1.29, 1.82) is 0 Å². The lowest BCUT2D eigenvalue weighted by atomic mass is 9.98. The van der Waals surface area contributed by atoms with Gasteiger partial charge in [-0.1, -0.05) is 24.8 Å². The van der Waals surface area contributed by atoms with Crippen LogP contribution in [0.2, 0.25) is 0 Å². The van der Waals surface area contributed by atoms with Crippen LogP contribution >= 0.6 is 0 Å². The summed E-state index contributed by atoms with van der Waals surface area (Å²) in [5.74, 6) is 0.0620. The lowest BCUT2D eigenvalue weighted by molar-refractivity contribution is -0.111. The Labute approximate surface area is 320 Å². The van der Waals surface area contributed by atoms with Crippen molar-refractivity contribution in [3.63, 3.8) is 0 Å². The highest BCUT2D eigenvalue weighted by Gasteiger charge is 2.38. The van der Waals surface area contributed by atoms with Gasteiger partial charge < -0.3 is 20.3 Å². The second-order valence-corrected chi connectivity index (χ2v) is 14.9. The van der Waals surface area contributed by atoms with Crippen molar-refractivity contribution in [3.05, 3.63) is 96.8 Å². The van der Waals surface area contributed by atoms with Crippen LogP contribution in [0.1, 0.15) is 50.6 Å². The quantitative estimate of drug-likeness (QED) is 0.152. The fourth-order valence-electron chi connectivity index (χ4n) is 8.45. The maximum absolute atomic E-state index is 14.0. The first kappa shape index (κ1) is 36.8. The minimum atomic E-state index is -0.628. The van der Waals surface area contributed by atoms with Crippen LogP contribution in [0, 0.1) is 11.6 Å². The molecule has 13 heteroatoms. The van der Waals surface area contributed by atoms with Crippen molar-refractivity contribution in [1.82, 2.24) is 19.8 Å². The number of nitrogens with one attached hydrogen (secondary N) is 2. The Bertz CT molecular complexity index is 2020. The maximum atomic E-state index is 14.0. The summed E-state index contributed by atoms with van der Waals surface area (Å²) in [7, 11) is 1.63. The summed E-state index contributed by atoms with van der Waals surface area (Å²) in [6, 6.07) is 18.5. The van der Waals surface area contributed by atoms with Gasteiger partial charge in [-0.05, 0) is 79.6 Å². The molecule has 8 rings (SSSR count). The predicted octanol–water partition coefficient (Wildman–Crippen LogP) is 7.32. The van der Waals surface area contributed by atoms with Gasteiger partial charge in [0, 0.05) is 75.5 Å². The van der Waals surface area contributed by atoms with Crippen LogP contribution in [0.4, 0.5) is 37.5 Å². The first-order chi connectivity index (χ1) is 26.8. The maximum Gasteiger partial charge on any atom is 0.247 e. The van der Waals surface area contributed by atoms with Crippen molar-refractivity contribution in [2.45, 2.75) is 63.2 Å². The summed E-state index contributed by atoms with van der Waals surface area (Å²) < 4.78 is 34.0. The van der Waals surface area contributed by atoms with E-state index >= 15 is 0 Å². The zero-order valence-electron chi connectivity index (χ0n) is 31.4. The van der Waals surface area contributed by atoms with E-state index < -0.39 is 11.6 Å². The number of nitrogens with zero attached hydrogens (tertiary/aromatic N) is 6. The third-order valence-electron chi connectivity index (χ3n) is 11.3. The van der Waals surface area contributed by atoms with Crippen LogP contribution < -0.4 is 25.3 Å². The summed E-state index contributed by atoms with van der Waals surface area (Å²) in [5.41, 5.74) is 4.23. The molecular weight excluding hydrogens is 703 g/mol. The van der Waals surface area contributed by atoms with Gasteiger partial charge in [0.25, 0.3) is 0 Å². The number of piperazine rings is 1. The number of anilines is 5. The van der Waals surface area contributed by atoms with Gasteiger partial charge in [-0.25, -0.2) is 23.8 Å². The number of hydroxylamine groups is 1. The molecule has 4 fully saturated rings. The van der Waals surface area contributed by atoms with Gasteiger partial charge in [0.1, 0.15) is 29.5 Å². The minimum absolute atomic E-state index is 0.199. The Morgan fingerprint density at radius 3 is 2.44 bits per heavy atom. The summed E-state index contributed by atoms with van der Waals surface area (Å²) in [6.07, 6.45) is 8.20. The highest BCUT2D eigenvalue weighted by Crippen LogP contribution is 2.41. The van der Waals surface area contributed by atoms with Gasteiger partial charge >= 0.3 is 0 Å². The number of hydrogen-bond acceptors (Lipinski definition) is 10. The number of carbonyl (C=O) groups excluding carboxylic acids is 1. The molecule has 2 atom stereocenters. The number of aromatic nitrogens is 2. The third kappa shape index (κ3) is 8.14. The number of rotatable bonds is 11. The van der Waals surface area contributed by atoms with E-state index in [-0.39, 0.29) is 11.9 Å². The average Bonchev–Trinajstić information content (AvgIpc) is 3.92. The monoisotopic (exact) mass is 750 g/mol. The summed E-state index contributed by atoms with van der Waals surface area (Å²) in [4.78, 5) is 35.5. The van der Waals surface area contributed by atoms with Gasteiger partial charge in [0.2, 0.25) is 5.91 Å². The molecule has 4 aliphatic rings. The van der Waals surface area contributed by atoms with E-state index in [1.807, 2.05) is 36.4 Å². The molecule has 3 aliphatic heterocycles. The molecule has 0 spiro atoms. The first-order valence-corrected chi connectivity index (χ1v) is 19.2. The van der Waals surface area contributed by atoms with Crippen molar-refractivity contribution < 1.29 is 23.1 Å². The zero-order valence-corrected chi connectivity index (χ0v) is 31.4. The van der Waals surface area contributed by atoms with E-state index in [2.05, 4.69) is 48.8 Å². The van der Waals surface area contributed by atoms with Crippen molar-refractivity contribution in [2.24, 2.45) is 0 Å².